The summed E-state index contributed by atoms with van der Waals surface area (Å²) in [4.78, 5) is 13.8. The molecule has 1 fully saturated rings. The maximum atomic E-state index is 14.4. The number of H-pyrrole nitrogens is 1. The van der Waals surface area contributed by atoms with Gasteiger partial charge in [0.25, 0.3) is 5.24 Å². The molecule has 1 aliphatic heterocycles. The summed E-state index contributed by atoms with van der Waals surface area (Å²) >= 11 is 1.15. The van der Waals surface area contributed by atoms with E-state index in [1.807, 2.05) is 12.2 Å². The van der Waals surface area contributed by atoms with E-state index >= 15 is 0 Å². The number of rotatable bonds is 10. The molecular formula is C20H23F2N5O2S. The Balaban J connectivity index is 1.50. The maximum absolute atomic E-state index is 14.4. The zero-order chi connectivity index (χ0) is 21.4. The average Bonchev–Trinajstić information content (AvgIpc) is 3.39. The van der Waals surface area contributed by atoms with Crippen molar-refractivity contribution in [3.8, 4) is 0 Å². The molecule has 2 atom stereocenters. The highest BCUT2D eigenvalue weighted by molar-refractivity contribution is 8.13. The minimum atomic E-state index is -3.40. The van der Waals surface area contributed by atoms with Crippen LogP contribution in [-0.4, -0.2) is 60.3 Å². The lowest BCUT2D eigenvalue weighted by molar-refractivity contribution is -0.0929. The number of nitrogens with one attached hydrogen (secondary N) is 1. The summed E-state index contributed by atoms with van der Waals surface area (Å²) in [7, 11) is 0. The number of aliphatic hydroxyl groups excluding tert-OH is 1. The topological polar surface area (TPSA) is 95.0 Å². The summed E-state index contributed by atoms with van der Waals surface area (Å²) in [5.74, 6) is -2.29. The van der Waals surface area contributed by atoms with E-state index in [-0.39, 0.29) is 16.8 Å². The highest BCUT2D eigenvalue weighted by atomic mass is 32.2. The average molecular weight is 436 g/mol. The zero-order valence-electron chi connectivity index (χ0n) is 16.2. The number of carbonyl (C=O) groups excluding carboxylic acids is 1. The molecule has 2 N–H and O–H groups in total. The van der Waals surface area contributed by atoms with E-state index in [4.69, 9.17) is 0 Å². The van der Waals surface area contributed by atoms with Gasteiger partial charge in [-0.3, -0.25) is 4.79 Å². The Morgan fingerprint density at radius 2 is 2.07 bits per heavy atom. The summed E-state index contributed by atoms with van der Waals surface area (Å²) in [6.07, 6.45) is 6.65. The zero-order valence-corrected chi connectivity index (χ0v) is 17.0. The van der Waals surface area contributed by atoms with Crippen LogP contribution in [0.3, 0.4) is 0 Å². The Morgan fingerprint density at radius 3 is 2.80 bits per heavy atom. The van der Waals surface area contributed by atoms with E-state index in [9.17, 15) is 18.7 Å². The third-order valence-corrected chi connectivity index (χ3v) is 5.67. The molecule has 0 spiro atoms. The van der Waals surface area contributed by atoms with Crippen LogP contribution < -0.4 is 0 Å². The van der Waals surface area contributed by atoms with Crippen LogP contribution in [0.4, 0.5) is 13.6 Å². The monoisotopic (exact) mass is 435 g/mol. The van der Waals surface area contributed by atoms with E-state index in [0.29, 0.717) is 31.0 Å². The molecule has 2 unspecified atom stereocenters. The number of aliphatic hydroxyl groups is 1. The molecule has 1 amide bonds. The minimum Gasteiger partial charge on any atom is -0.382 e. The lowest BCUT2D eigenvalue weighted by Gasteiger charge is -2.23. The van der Waals surface area contributed by atoms with Gasteiger partial charge in [0.15, 0.2) is 5.82 Å². The second-order valence-corrected chi connectivity index (χ2v) is 7.75. The third-order valence-electron chi connectivity index (χ3n) is 4.69. The smallest absolute Gasteiger partial charge is 0.302 e. The van der Waals surface area contributed by atoms with Gasteiger partial charge in [-0.15, -0.1) is 10.2 Å². The Labute approximate surface area is 177 Å². The first kappa shape index (κ1) is 22.1. The van der Waals surface area contributed by atoms with Crippen molar-refractivity contribution in [3.05, 3.63) is 66.0 Å². The molecule has 2 heterocycles. The number of aromatic amines is 1. The van der Waals surface area contributed by atoms with Crippen molar-refractivity contribution >= 4 is 17.0 Å². The number of amides is 1. The van der Waals surface area contributed by atoms with Crippen LogP contribution in [0.15, 0.2) is 54.6 Å². The van der Waals surface area contributed by atoms with E-state index in [1.165, 1.54) is 30.3 Å². The van der Waals surface area contributed by atoms with Gasteiger partial charge in [-0.2, -0.15) is 14.0 Å². The van der Waals surface area contributed by atoms with Crippen molar-refractivity contribution in [2.24, 2.45) is 0 Å². The number of nitrogens with zero attached hydrogens (tertiary/aromatic N) is 4. The van der Waals surface area contributed by atoms with Crippen molar-refractivity contribution < 1.29 is 18.7 Å². The molecule has 7 nitrogen and oxygen atoms in total. The van der Waals surface area contributed by atoms with Gasteiger partial charge in [0.05, 0.1) is 6.04 Å². The van der Waals surface area contributed by atoms with Gasteiger partial charge in [0, 0.05) is 24.3 Å². The van der Waals surface area contributed by atoms with Crippen LogP contribution in [0.5, 0.6) is 0 Å². The Bertz CT molecular complexity index is 861. The molecular weight excluding hydrogens is 412 g/mol. The molecule has 0 bridgehead atoms. The fourth-order valence-electron chi connectivity index (χ4n) is 3.02. The number of carbonyl (C=O) groups is 1. The fraction of sp³-hybridized carbons (Fsp3) is 0.400. The Morgan fingerprint density at radius 1 is 1.30 bits per heavy atom. The molecule has 3 rings (SSSR count). The second-order valence-electron chi connectivity index (χ2n) is 6.78. The number of tetrazole rings is 1. The molecule has 1 aromatic heterocycles. The first-order valence-electron chi connectivity index (χ1n) is 9.59. The summed E-state index contributed by atoms with van der Waals surface area (Å²) in [5.41, 5.74) is -0.248. The summed E-state index contributed by atoms with van der Waals surface area (Å²) in [6, 6.07) is 6.89. The van der Waals surface area contributed by atoms with Gasteiger partial charge in [0.2, 0.25) is 0 Å². The van der Waals surface area contributed by atoms with Gasteiger partial charge >= 0.3 is 5.92 Å². The van der Waals surface area contributed by atoms with Crippen LogP contribution in [-0.2, 0) is 12.3 Å². The molecule has 1 aromatic carbocycles. The second kappa shape index (κ2) is 10.4. The number of aromatic nitrogens is 4. The number of allylic oxidation sites excluding steroid dienone is 1. The molecule has 1 saturated heterocycles. The first-order chi connectivity index (χ1) is 14.5. The van der Waals surface area contributed by atoms with E-state index in [1.54, 1.807) is 11.0 Å². The molecule has 0 saturated carbocycles. The molecule has 0 radical (unpaired) electrons. The van der Waals surface area contributed by atoms with Crippen molar-refractivity contribution in [1.29, 1.82) is 0 Å². The first-order valence-corrected chi connectivity index (χ1v) is 10.6. The highest BCUT2D eigenvalue weighted by Crippen LogP contribution is 2.33. The van der Waals surface area contributed by atoms with Crippen LogP contribution in [0.2, 0.25) is 0 Å². The van der Waals surface area contributed by atoms with Crippen molar-refractivity contribution in [1.82, 2.24) is 25.5 Å². The van der Waals surface area contributed by atoms with Gasteiger partial charge in [-0.1, -0.05) is 71.6 Å². The van der Waals surface area contributed by atoms with Crippen molar-refractivity contribution in [2.75, 3.05) is 12.3 Å². The lowest BCUT2D eigenvalue weighted by atomic mass is 10.0. The number of thioether (sulfide) groups is 1. The Hall–Kier alpha value is -2.59. The number of hydrogen-bond donors (Lipinski definition) is 2. The maximum Gasteiger partial charge on any atom is 0.302 e. The van der Waals surface area contributed by atoms with E-state index < -0.39 is 12.0 Å². The fourth-order valence-corrected chi connectivity index (χ4v) is 4.01. The molecule has 160 valence electrons. The third kappa shape index (κ3) is 5.73. The standard InChI is InChI=1S/C20H23F2N5O2S/c21-20(22,15-8-4-3-5-9-15)17(28)12-11-16-14-30-19(29)27(16)13-7-2-1-6-10-18-23-25-26-24-18/h1-5,8-9,11-12,16-17,28H,6-7,10,13-14H2,(H,23,24,25,26). The molecule has 10 heteroatoms. The summed E-state index contributed by atoms with van der Waals surface area (Å²) in [6.45, 7) is 0.477. The quantitative estimate of drug-likeness (QED) is 0.556. The number of alkyl halides is 2. The Kier molecular flexibility index (Phi) is 7.69. The normalized spacial score (nSPS) is 18.7. The lowest BCUT2D eigenvalue weighted by Crippen LogP contribution is -2.34. The van der Waals surface area contributed by atoms with Crippen LogP contribution in [0.1, 0.15) is 24.2 Å². The predicted molar refractivity (Wildman–Crippen MR) is 110 cm³/mol. The molecule has 1 aliphatic rings. The largest absolute Gasteiger partial charge is 0.382 e. The molecule has 2 aromatic rings. The van der Waals surface area contributed by atoms with Gasteiger partial charge in [0.1, 0.15) is 6.10 Å². The number of hydrogen-bond acceptors (Lipinski definition) is 6. The summed E-state index contributed by atoms with van der Waals surface area (Å²) in [5, 5.41) is 23.6. The SMILES string of the molecule is O=C1SCC(C=CC(O)C(F)(F)c2ccccc2)N1CCC=CCCc1nn[nH]n1. The number of halogens is 2. The highest BCUT2D eigenvalue weighted by Gasteiger charge is 2.39. The van der Waals surface area contributed by atoms with Gasteiger partial charge in [-0.05, 0) is 12.8 Å². The van der Waals surface area contributed by atoms with Gasteiger partial charge < -0.3 is 10.0 Å². The molecule has 0 aliphatic carbocycles. The van der Waals surface area contributed by atoms with Crippen molar-refractivity contribution in [2.45, 2.75) is 37.3 Å². The number of benzene rings is 1. The summed E-state index contributed by atoms with van der Waals surface area (Å²) < 4.78 is 28.8. The van der Waals surface area contributed by atoms with Crippen LogP contribution >= 0.6 is 11.8 Å². The van der Waals surface area contributed by atoms with Crippen LogP contribution in [0.25, 0.3) is 0 Å². The molecule has 30 heavy (non-hydrogen) atoms. The van der Waals surface area contributed by atoms with E-state index in [2.05, 4.69) is 20.6 Å². The minimum absolute atomic E-state index is 0.0887. The van der Waals surface area contributed by atoms with E-state index in [0.717, 1.165) is 24.3 Å². The predicted octanol–water partition coefficient (Wildman–Crippen LogP) is 3.33. The van der Waals surface area contributed by atoms with Crippen LogP contribution in [0, 0.1) is 0 Å². The van der Waals surface area contributed by atoms with Crippen molar-refractivity contribution in [3.63, 3.8) is 0 Å². The number of aryl methyl sites for hydroxylation is 1. The van der Waals surface area contributed by atoms with Gasteiger partial charge in [-0.25, -0.2) is 0 Å².